The summed E-state index contributed by atoms with van der Waals surface area (Å²) < 4.78 is 4.79. The van der Waals surface area contributed by atoms with E-state index in [1.54, 1.807) is 0 Å². The van der Waals surface area contributed by atoms with Gasteiger partial charge in [0.2, 0.25) is 0 Å². The van der Waals surface area contributed by atoms with Crippen molar-refractivity contribution in [2.24, 2.45) is 0 Å². The van der Waals surface area contributed by atoms with E-state index in [2.05, 4.69) is 95.8 Å². The zero-order chi connectivity index (χ0) is 23.2. The van der Waals surface area contributed by atoms with Crippen molar-refractivity contribution in [2.45, 2.75) is 19.3 Å². The summed E-state index contributed by atoms with van der Waals surface area (Å²) >= 11 is 0. The Morgan fingerprint density at radius 3 is 2.18 bits per heavy atom. The molecule has 4 nitrogen and oxygen atoms in total. The number of hydrogen-bond donors (Lipinski definition) is 2. The Kier molecular flexibility index (Phi) is 3.83. The number of aromatic nitrogens is 2. The van der Waals surface area contributed by atoms with Gasteiger partial charge in [0, 0.05) is 27.3 Å². The van der Waals surface area contributed by atoms with Crippen LogP contribution in [0.25, 0.3) is 44.1 Å². The van der Waals surface area contributed by atoms with Gasteiger partial charge in [0.15, 0.2) is 0 Å². The number of benzene rings is 4. The molecule has 5 heteroatoms. The third-order valence-corrected chi connectivity index (χ3v) is 7.46. The molecule has 4 aromatic carbocycles. The van der Waals surface area contributed by atoms with Gasteiger partial charge in [-0.2, -0.15) is 0 Å². The zero-order valence-electron chi connectivity index (χ0n) is 19.0. The van der Waals surface area contributed by atoms with Gasteiger partial charge in [0.25, 0.3) is 0 Å². The number of hydrogen-bond acceptors (Lipinski definition) is 2. The second-order valence-corrected chi connectivity index (χ2v) is 9.70. The van der Waals surface area contributed by atoms with E-state index in [1.165, 1.54) is 33.4 Å². The molecule has 164 valence electrons. The van der Waals surface area contributed by atoms with Crippen molar-refractivity contribution in [3.05, 3.63) is 102 Å². The first-order valence-electron chi connectivity index (χ1n) is 11.6. The van der Waals surface area contributed by atoms with Gasteiger partial charge in [0.05, 0.1) is 27.9 Å². The summed E-state index contributed by atoms with van der Waals surface area (Å²) in [7, 11) is -1.50. The summed E-state index contributed by atoms with van der Waals surface area (Å²) in [5.74, 6) is 0. The maximum atomic E-state index is 9.84. The lowest BCUT2D eigenvalue weighted by Gasteiger charge is -2.34. The van der Waals surface area contributed by atoms with E-state index in [9.17, 15) is 10.0 Å². The van der Waals surface area contributed by atoms with Crippen molar-refractivity contribution in [3.8, 4) is 11.4 Å². The van der Waals surface area contributed by atoms with E-state index in [0.29, 0.717) is 5.46 Å². The van der Waals surface area contributed by atoms with Gasteiger partial charge >= 0.3 is 7.12 Å². The average molecular weight is 442 g/mol. The van der Waals surface area contributed by atoms with Crippen LogP contribution in [0.4, 0.5) is 0 Å². The van der Waals surface area contributed by atoms with Gasteiger partial charge < -0.3 is 19.2 Å². The van der Waals surface area contributed by atoms with Crippen molar-refractivity contribution in [2.75, 3.05) is 0 Å². The minimum atomic E-state index is -1.50. The zero-order valence-corrected chi connectivity index (χ0v) is 19.0. The molecular formula is C29H23BN2O2. The Morgan fingerprint density at radius 1 is 0.676 bits per heavy atom. The number of fused-ring (bicyclic) bond motifs is 7. The number of rotatable bonds is 2. The summed E-state index contributed by atoms with van der Waals surface area (Å²) in [4.78, 5) is 0. The highest BCUT2D eigenvalue weighted by Crippen LogP contribution is 2.51. The van der Waals surface area contributed by atoms with E-state index < -0.39 is 7.12 Å². The van der Waals surface area contributed by atoms with E-state index >= 15 is 0 Å². The number of nitrogens with zero attached hydrogens (tertiary/aromatic N) is 2. The highest BCUT2D eigenvalue weighted by Gasteiger charge is 2.40. The Morgan fingerprint density at radius 2 is 1.38 bits per heavy atom. The SMILES string of the molecule is CC1(C)c2cccc3c4cc(B(O)O)ccc4n(c23)-c2c1n(-c1ccccc1)c1ccccc21. The molecule has 6 aromatic rings. The third-order valence-electron chi connectivity index (χ3n) is 7.46. The summed E-state index contributed by atoms with van der Waals surface area (Å²) in [6.07, 6.45) is 0. The first-order valence-corrected chi connectivity index (χ1v) is 11.6. The molecule has 1 aliphatic heterocycles. The molecule has 1 aliphatic rings. The van der Waals surface area contributed by atoms with Gasteiger partial charge in [-0.05, 0) is 35.3 Å². The monoisotopic (exact) mass is 442 g/mol. The van der Waals surface area contributed by atoms with E-state index in [-0.39, 0.29) is 5.41 Å². The molecule has 2 N–H and O–H groups in total. The molecule has 7 rings (SSSR count). The average Bonchev–Trinajstić information content (AvgIpc) is 3.37. The van der Waals surface area contributed by atoms with Crippen molar-refractivity contribution >= 4 is 45.3 Å². The van der Waals surface area contributed by atoms with Crippen LogP contribution in [0, 0.1) is 0 Å². The minimum Gasteiger partial charge on any atom is -0.423 e. The summed E-state index contributed by atoms with van der Waals surface area (Å²) in [5, 5.41) is 23.0. The minimum absolute atomic E-state index is 0.257. The van der Waals surface area contributed by atoms with E-state index in [1.807, 2.05) is 18.2 Å². The quantitative estimate of drug-likeness (QED) is 0.369. The molecule has 0 saturated carbocycles. The lowest BCUT2D eigenvalue weighted by atomic mass is 9.77. The van der Waals surface area contributed by atoms with Crippen molar-refractivity contribution in [3.63, 3.8) is 0 Å². The van der Waals surface area contributed by atoms with Gasteiger partial charge in [-0.1, -0.05) is 80.6 Å². The van der Waals surface area contributed by atoms with Crippen LogP contribution < -0.4 is 5.46 Å². The van der Waals surface area contributed by atoms with Crippen LogP contribution in [-0.2, 0) is 5.41 Å². The maximum absolute atomic E-state index is 9.84. The van der Waals surface area contributed by atoms with E-state index in [4.69, 9.17) is 0 Å². The fraction of sp³-hybridized carbons (Fsp3) is 0.103. The molecule has 0 spiro atoms. The normalized spacial score (nSPS) is 14.1. The molecule has 34 heavy (non-hydrogen) atoms. The molecule has 0 aliphatic carbocycles. The second-order valence-electron chi connectivity index (χ2n) is 9.70. The molecule has 0 radical (unpaired) electrons. The molecule has 0 fully saturated rings. The Bertz CT molecular complexity index is 1760. The molecule has 2 aromatic heterocycles. The van der Waals surface area contributed by atoms with Crippen LogP contribution >= 0.6 is 0 Å². The Labute approximate surface area is 197 Å². The van der Waals surface area contributed by atoms with Crippen LogP contribution in [0.5, 0.6) is 0 Å². The lowest BCUT2D eigenvalue weighted by Crippen LogP contribution is -2.29. The maximum Gasteiger partial charge on any atom is 0.488 e. The highest BCUT2D eigenvalue weighted by molar-refractivity contribution is 6.59. The summed E-state index contributed by atoms with van der Waals surface area (Å²) in [6, 6.07) is 31.4. The molecule has 0 atom stereocenters. The lowest BCUT2D eigenvalue weighted by molar-refractivity contribution is 0.426. The van der Waals surface area contributed by atoms with Gasteiger partial charge in [-0.15, -0.1) is 0 Å². The molecule has 0 unspecified atom stereocenters. The summed E-state index contributed by atoms with van der Waals surface area (Å²) in [6.45, 7) is 4.62. The molecule has 0 amide bonds. The molecule has 3 heterocycles. The fourth-order valence-electron chi connectivity index (χ4n) is 5.98. The Hall–Kier alpha value is -3.80. The van der Waals surface area contributed by atoms with Crippen LogP contribution in [-0.4, -0.2) is 26.3 Å². The fourth-order valence-corrected chi connectivity index (χ4v) is 5.98. The first kappa shape index (κ1) is 19.7. The van der Waals surface area contributed by atoms with E-state index in [0.717, 1.165) is 22.0 Å². The molecule has 0 saturated heterocycles. The van der Waals surface area contributed by atoms with Gasteiger partial charge in [-0.25, -0.2) is 0 Å². The predicted octanol–water partition coefficient (Wildman–Crippen LogP) is 5.05. The first-order chi connectivity index (χ1) is 16.5. The topological polar surface area (TPSA) is 50.3 Å². The molecular weight excluding hydrogens is 419 g/mol. The van der Waals surface area contributed by atoms with Crippen LogP contribution in [0.2, 0.25) is 0 Å². The van der Waals surface area contributed by atoms with Crippen molar-refractivity contribution in [1.29, 1.82) is 0 Å². The predicted molar refractivity (Wildman–Crippen MR) is 140 cm³/mol. The third kappa shape index (κ3) is 2.35. The largest absolute Gasteiger partial charge is 0.488 e. The van der Waals surface area contributed by atoms with Crippen molar-refractivity contribution < 1.29 is 10.0 Å². The van der Waals surface area contributed by atoms with Crippen molar-refractivity contribution in [1.82, 2.24) is 9.13 Å². The number of para-hydroxylation sites is 3. The van der Waals surface area contributed by atoms with Crippen LogP contribution in [0.3, 0.4) is 0 Å². The van der Waals surface area contributed by atoms with Gasteiger partial charge in [-0.3, -0.25) is 0 Å². The summed E-state index contributed by atoms with van der Waals surface area (Å²) in [5.41, 5.74) is 8.54. The Balaban J connectivity index is 1.74. The highest BCUT2D eigenvalue weighted by atomic mass is 16.4. The standard InChI is InChI=1S/C29H23BN2O2/c1-29(2)23-13-8-12-20-22-17-18(30(33)34)15-16-25(22)32(26(20)23)27-21-11-6-7-14-24(21)31(28(27)29)19-9-4-3-5-10-19/h3-17,33-34H,1-2H3. The molecule has 0 bridgehead atoms. The van der Waals surface area contributed by atoms with Crippen LogP contribution in [0.15, 0.2) is 91.0 Å². The van der Waals surface area contributed by atoms with Crippen LogP contribution in [0.1, 0.15) is 25.1 Å². The second kappa shape index (κ2) is 6.63. The smallest absolute Gasteiger partial charge is 0.423 e. The van der Waals surface area contributed by atoms with Gasteiger partial charge in [0.1, 0.15) is 0 Å².